The molecule has 0 bridgehead atoms. The molecule has 0 radical (unpaired) electrons. The average Bonchev–Trinajstić information content (AvgIpc) is 2.34. The summed E-state index contributed by atoms with van der Waals surface area (Å²) < 4.78 is 5.06. The van der Waals surface area contributed by atoms with E-state index in [4.69, 9.17) is 9.84 Å². The second kappa shape index (κ2) is 5.73. The summed E-state index contributed by atoms with van der Waals surface area (Å²) in [7, 11) is 1.61. The molecule has 0 unspecified atom stereocenters. The van der Waals surface area contributed by atoms with Gasteiger partial charge in [-0.2, -0.15) is 0 Å². The van der Waals surface area contributed by atoms with Crippen molar-refractivity contribution in [2.24, 2.45) is 5.92 Å². The summed E-state index contributed by atoms with van der Waals surface area (Å²) >= 11 is 0. The second-order valence-electron chi connectivity index (χ2n) is 4.68. The lowest BCUT2D eigenvalue weighted by molar-refractivity contribution is -0.152. The Balaban J connectivity index is 1.76. The smallest absolute Gasteiger partial charge is 0.310 e. The maximum absolute atomic E-state index is 11.8. The Morgan fingerprint density at radius 1 is 1.32 bits per heavy atom. The molecule has 1 aliphatic heterocycles. The lowest BCUT2D eigenvalue weighted by Crippen LogP contribution is -2.53. The summed E-state index contributed by atoms with van der Waals surface area (Å²) in [5.74, 6) is -0.389. The monoisotopic (exact) mass is 263 g/mol. The van der Waals surface area contributed by atoms with Crippen LogP contribution in [-0.4, -0.2) is 42.1 Å². The molecule has 5 heteroatoms. The van der Waals surface area contributed by atoms with Crippen LogP contribution in [0.4, 0.5) is 0 Å². The minimum absolute atomic E-state index is 0.0216. The molecule has 1 N–H and O–H groups in total. The van der Waals surface area contributed by atoms with Crippen molar-refractivity contribution in [3.63, 3.8) is 0 Å². The number of aryl methyl sites for hydroxylation is 1. The topological polar surface area (TPSA) is 66.8 Å². The maximum Gasteiger partial charge on any atom is 0.310 e. The number of aliphatic carboxylic acids is 1. The number of carboxylic acids is 1. The highest BCUT2D eigenvalue weighted by atomic mass is 16.5. The van der Waals surface area contributed by atoms with Gasteiger partial charge in [0, 0.05) is 19.5 Å². The van der Waals surface area contributed by atoms with Crippen molar-refractivity contribution in [2.45, 2.75) is 12.8 Å². The van der Waals surface area contributed by atoms with Gasteiger partial charge in [0.1, 0.15) is 5.75 Å². The number of hydrogen-bond donors (Lipinski definition) is 1. The fourth-order valence-electron chi connectivity index (χ4n) is 2.04. The number of benzene rings is 1. The van der Waals surface area contributed by atoms with Gasteiger partial charge in [-0.1, -0.05) is 12.1 Å². The average molecular weight is 263 g/mol. The first-order chi connectivity index (χ1) is 9.10. The SMILES string of the molecule is COc1ccc(CCC(=O)N2CC(C(=O)O)C2)cc1. The molecule has 1 aromatic rings. The Hall–Kier alpha value is -2.04. The number of methoxy groups -OCH3 is 1. The molecule has 0 atom stereocenters. The van der Waals surface area contributed by atoms with Gasteiger partial charge in [0.15, 0.2) is 0 Å². The minimum atomic E-state index is -0.820. The van der Waals surface area contributed by atoms with Gasteiger partial charge in [-0.15, -0.1) is 0 Å². The van der Waals surface area contributed by atoms with Crippen LogP contribution in [0.2, 0.25) is 0 Å². The molecule has 1 aromatic carbocycles. The van der Waals surface area contributed by atoms with Gasteiger partial charge in [-0.25, -0.2) is 0 Å². The molecular formula is C14H17NO4. The second-order valence-corrected chi connectivity index (χ2v) is 4.68. The number of likely N-dealkylation sites (tertiary alicyclic amines) is 1. The zero-order valence-electron chi connectivity index (χ0n) is 10.8. The van der Waals surface area contributed by atoms with Crippen molar-refractivity contribution < 1.29 is 19.4 Å². The number of carboxylic acid groups (broad SMARTS) is 1. The van der Waals surface area contributed by atoms with E-state index in [9.17, 15) is 9.59 Å². The van der Waals surface area contributed by atoms with Crippen molar-refractivity contribution in [3.8, 4) is 5.75 Å². The molecule has 1 saturated heterocycles. The number of ether oxygens (including phenoxy) is 1. The predicted molar refractivity (Wildman–Crippen MR) is 69.0 cm³/mol. The van der Waals surface area contributed by atoms with Gasteiger partial charge in [0.05, 0.1) is 13.0 Å². The molecule has 0 aliphatic carbocycles. The highest BCUT2D eigenvalue weighted by Gasteiger charge is 2.34. The lowest BCUT2D eigenvalue weighted by Gasteiger charge is -2.36. The maximum atomic E-state index is 11.8. The van der Waals surface area contributed by atoms with Crippen molar-refractivity contribution in [1.29, 1.82) is 0 Å². The van der Waals surface area contributed by atoms with E-state index in [1.165, 1.54) is 0 Å². The zero-order chi connectivity index (χ0) is 13.8. The van der Waals surface area contributed by atoms with Crippen LogP contribution in [0.25, 0.3) is 0 Å². The number of nitrogens with zero attached hydrogens (tertiary/aromatic N) is 1. The van der Waals surface area contributed by atoms with Gasteiger partial charge < -0.3 is 14.7 Å². The van der Waals surface area contributed by atoms with E-state index in [1.807, 2.05) is 24.3 Å². The third-order valence-electron chi connectivity index (χ3n) is 3.37. The van der Waals surface area contributed by atoms with Gasteiger partial charge in [-0.05, 0) is 24.1 Å². The van der Waals surface area contributed by atoms with E-state index in [-0.39, 0.29) is 11.8 Å². The first-order valence-electron chi connectivity index (χ1n) is 6.23. The molecule has 1 amide bonds. The van der Waals surface area contributed by atoms with Crippen molar-refractivity contribution in [2.75, 3.05) is 20.2 Å². The van der Waals surface area contributed by atoms with E-state index < -0.39 is 5.97 Å². The number of hydrogen-bond acceptors (Lipinski definition) is 3. The molecular weight excluding hydrogens is 246 g/mol. The molecule has 1 aliphatic rings. The molecule has 0 saturated carbocycles. The lowest BCUT2D eigenvalue weighted by atomic mass is 9.99. The summed E-state index contributed by atoms with van der Waals surface area (Å²) in [5, 5.41) is 8.74. The summed E-state index contributed by atoms with van der Waals surface area (Å²) in [6.45, 7) is 0.688. The Morgan fingerprint density at radius 3 is 2.47 bits per heavy atom. The zero-order valence-corrected chi connectivity index (χ0v) is 10.8. The van der Waals surface area contributed by atoms with Gasteiger partial charge >= 0.3 is 5.97 Å². The minimum Gasteiger partial charge on any atom is -0.497 e. The quantitative estimate of drug-likeness (QED) is 0.866. The van der Waals surface area contributed by atoms with Crippen LogP contribution >= 0.6 is 0 Å². The summed E-state index contributed by atoms with van der Waals surface area (Å²) in [6, 6.07) is 7.60. The molecule has 0 spiro atoms. The third kappa shape index (κ3) is 3.24. The molecule has 5 nitrogen and oxygen atoms in total. The Bertz CT molecular complexity index is 463. The first-order valence-corrected chi connectivity index (χ1v) is 6.23. The summed E-state index contributed by atoms with van der Waals surface area (Å²) in [5.41, 5.74) is 1.07. The highest BCUT2D eigenvalue weighted by Crippen LogP contribution is 2.18. The van der Waals surface area contributed by atoms with Crippen molar-refractivity contribution in [1.82, 2.24) is 4.90 Å². The van der Waals surface area contributed by atoms with E-state index >= 15 is 0 Å². The fraction of sp³-hybridized carbons (Fsp3) is 0.429. The summed E-state index contributed by atoms with van der Waals surface area (Å²) in [6.07, 6.45) is 1.08. The Morgan fingerprint density at radius 2 is 1.95 bits per heavy atom. The number of rotatable bonds is 5. The van der Waals surface area contributed by atoms with Crippen LogP contribution in [-0.2, 0) is 16.0 Å². The normalized spacial score (nSPS) is 14.9. The molecule has 2 rings (SSSR count). The standard InChI is InChI=1S/C14H17NO4/c1-19-12-5-2-10(3-6-12)4-7-13(16)15-8-11(9-15)14(17)18/h2-3,5-6,11H,4,7-9H2,1H3,(H,17,18). The van der Waals surface area contributed by atoms with Crippen LogP contribution in [0.15, 0.2) is 24.3 Å². The van der Waals surface area contributed by atoms with Gasteiger partial charge in [-0.3, -0.25) is 9.59 Å². The molecule has 102 valence electrons. The molecule has 1 heterocycles. The Labute approximate surface area is 111 Å². The third-order valence-corrected chi connectivity index (χ3v) is 3.37. The number of carbonyl (C=O) groups excluding carboxylic acids is 1. The van der Waals surface area contributed by atoms with E-state index in [1.54, 1.807) is 12.0 Å². The van der Waals surface area contributed by atoms with E-state index in [0.29, 0.717) is 25.9 Å². The van der Waals surface area contributed by atoms with Crippen LogP contribution in [0.5, 0.6) is 5.75 Å². The van der Waals surface area contributed by atoms with Crippen molar-refractivity contribution in [3.05, 3.63) is 29.8 Å². The van der Waals surface area contributed by atoms with E-state index in [2.05, 4.69) is 0 Å². The van der Waals surface area contributed by atoms with E-state index in [0.717, 1.165) is 11.3 Å². The summed E-state index contributed by atoms with van der Waals surface area (Å²) in [4.78, 5) is 24.0. The van der Waals surface area contributed by atoms with Crippen LogP contribution in [0.1, 0.15) is 12.0 Å². The number of carbonyl (C=O) groups is 2. The first kappa shape index (κ1) is 13.4. The largest absolute Gasteiger partial charge is 0.497 e. The fourth-order valence-corrected chi connectivity index (χ4v) is 2.04. The molecule has 19 heavy (non-hydrogen) atoms. The Kier molecular flexibility index (Phi) is 4.04. The molecule has 1 fully saturated rings. The number of amides is 1. The van der Waals surface area contributed by atoms with Gasteiger partial charge in [0.2, 0.25) is 5.91 Å². The molecule has 0 aromatic heterocycles. The van der Waals surface area contributed by atoms with Gasteiger partial charge in [0.25, 0.3) is 0 Å². The van der Waals surface area contributed by atoms with Crippen LogP contribution in [0.3, 0.4) is 0 Å². The van der Waals surface area contributed by atoms with Crippen LogP contribution < -0.4 is 4.74 Å². The van der Waals surface area contributed by atoms with Crippen molar-refractivity contribution >= 4 is 11.9 Å². The predicted octanol–water partition coefficient (Wildman–Crippen LogP) is 1.17. The highest BCUT2D eigenvalue weighted by molar-refractivity contribution is 5.81. The van der Waals surface area contributed by atoms with Crippen LogP contribution in [0, 0.1) is 5.92 Å².